The lowest BCUT2D eigenvalue weighted by Gasteiger charge is -2.04. The Kier molecular flexibility index (Phi) is 3.19. The zero-order chi connectivity index (χ0) is 13.3. The predicted octanol–water partition coefficient (Wildman–Crippen LogP) is 1.04. The largest absolute Gasteiger partial charge is 0.382 e. The molecule has 0 atom stereocenters. The number of nitrogen functional groups attached to an aromatic ring is 1. The maximum atomic E-state index is 11.2. The number of amides is 1. The highest BCUT2D eigenvalue weighted by Gasteiger charge is 2.17. The van der Waals surface area contributed by atoms with E-state index in [2.05, 4.69) is 14.8 Å². The van der Waals surface area contributed by atoms with Gasteiger partial charge in [0.1, 0.15) is 16.3 Å². The minimum Gasteiger partial charge on any atom is -0.382 e. The van der Waals surface area contributed by atoms with Gasteiger partial charge in [-0.2, -0.15) is 4.37 Å². The van der Waals surface area contributed by atoms with E-state index in [-0.39, 0.29) is 11.4 Å². The van der Waals surface area contributed by atoms with Gasteiger partial charge in [-0.25, -0.2) is 0 Å². The van der Waals surface area contributed by atoms with Crippen LogP contribution in [-0.2, 0) is 6.54 Å². The molecule has 0 spiro atoms. The Hall–Kier alpha value is -2.09. The van der Waals surface area contributed by atoms with Crippen molar-refractivity contribution in [2.75, 3.05) is 11.1 Å². The molecule has 2 aromatic rings. The van der Waals surface area contributed by atoms with E-state index in [0.29, 0.717) is 11.5 Å². The molecule has 2 aromatic heterocycles. The van der Waals surface area contributed by atoms with Crippen LogP contribution < -0.4 is 16.8 Å². The average molecular weight is 267 g/mol. The lowest BCUT2D eigenvalue weighted by molar-refractivity contribution is 0.100. The predicted molar refractivity (Wildman–Crippen MR) is 68.3 cm³/mol. The van der Waals surface area contributed by atoms with Crippen molar-refractivity contribution < 1.29 is 9.32 Å². The molecule has 0 unspecified atom stereocenters. The van der Waals surface area contributed by atoms with Gasteiger partial charge in [-0.3, -0.25) is 4.79 Å². The van der Waals surface area contributed by atoms with Crippen LogP contribution in [0.15, 0.2) is 4.52 Å². The fourth-order valence-corrected chi connectivity index (χ4v) is 2.30. The van der Waals surface area contributed by atoms with Crippen molar-refractivity contribution in [2.45, 2.75) is 20.4 Å². The molecule has 1 amide bonds. The second kappa shape index (κ2) is 4.65. The number of rotatable bonds is 4. The van der Waals surface area contributed by atoms with Gasteiger partial charge in [-0.05, 0) is 25.4 Å². The summed E-state index contributed by atoms with van der Waals surface area (Å²) in [4.78, 5) is 11.2. The molecule has 18 heavy (non-hydrogen) atoms. The Morgan fingerprint density at radius 3 is 2.78 bits per heavy atom. The summed E-state index contributed by atoms with van der Waals surface area (Å²) in [5, 5.41) is 7.48. The molecule has 5 N–H and O–H groups in total. The fraction of sp³-hybridized carbons (Fsp3) is 0.300. The molecule has 0 aliphatic carbocycles. The zero-order valence-electron chi connectivity index (χ0n) is 9.98. The van der Waals surface area contributed by atoms with E-state index < -0.39 is 5.91 Å². The van der Waals surface area contributed by atoms with Crippen molar-refractivity contribution in [1.29, 1.82) is 0 Å². The Morgan fingerprint density at radius 2 is 2.22 bits per heavy atom. The number of carbonyl (C=O) groups excluding carboxylic acids is 1. The van der Waals surface area contributed by atoms with Gasteiger partial charge in [0.2, 0.25) is 0 Å². The number of primary amides is 1. The maximum absolute atomic E-state index is 11.2. The molecule has 0 radical (unpaired) electrons. The van der Waals surface area contributed by atoms with Gasteiger partial charge in [0.05, 0.1) is 5.69 Å². The molecule has 0 aromatic carbocycles. The van der Waals surface area contributed by atoms with Gasteiger partial charge >= 0.3 is 0 Å². The fourth-order valence-electron chi connectivity index (χ4n) is 1.58. The van der Waals surface area contributed by atoms with Gasteiger partial charge in [-0.15, -0.1) is 0 Å². The summed E-state index contributed by atoms with van der Waals surface area (Å²) in [6.07, 6.45) is 0. The molecule has 0 saturated carbocycles. The normalized spacial score (nSPS) is 10.6. The SMILES string of the molecule is Cc1noc(C)c1CNc1snc(N)c1C(N)=O. The van der Waals surface area contributed by atoms with Crippen molar-refractivity contribution in [1.82, 2.24) is 9.53 Å². The minimum atomic E-state index is -0.595. The second-order valence-electron chi connectivity index (χ2n) is 3.79. The van der Waals surface area contributed by atoms with E-state index in [0.717, 1.165) is 28.6 Å². The standard InChI is InChI=1S/C10H13N5O2S/c1-4-6(5(2)17-14-4)3-13-10-7(9(12)16)8(11)15-18-10/h13H,3H2,1-2H3,(H2,11,15)(H2,12,16). The number of hydrogen-bond donors (Lipinski definition) is 3. The first-order valence-electron chi connectivity index (χ1n) is 5.21. The molecular formula is C10H13N5O2S. The molecule has 2 heterocycles. The third-order valence-corrected chi connectivity index (χ3v) is 3.39. The van der Waals surface area contributed by atoms with Crippen molar-refractivity contribution >= 4 is 28.3 Å². The van der Waals surface area contributed by atoms with Gasteiger partial charge in [0.25, 0.3) is 5.91 Å². The zero-order valence-corrected chi connectivity index (χ0v) is 10.8. The van der Waals surface area contributed by atoms with E-state index in [4.69, 9.17) is 16.0 Å². The van der Waals surface area contributed by atoms with E-state index in [9.17, 15) is 4.79 Å². The van der Waals surface area contributed by atoms with Gasteiger partial charge in [0.15, 0.2) is 5.82 Å². The van der Waals surface area contributed by atoms with Crippen LogP contribution in [0.1, 0.15) is 27.4 Å². The highest BCUT2D eigenvalue weighted by Crippen LogP contribution is 2.27. The Labute approximate surface area is 107 Å². The van der Waals surface area contributed by atoms with Crippen molar-refractivity contribution in [3.05, 3.63) is 22.6 Å². The van der Waals surface area contributed by atoms with E-state index in [1.165, 1.54) is 0 Å². The van der Waals surface area contributed by atoms with Crippen LogP contribution in [0.25, 0.3) is 0 Å². The van der Waals surface area contributed by atoms with Crippen LogP contribution in [0.3, 0.4) is 0 Å². The third-order valence-electron chi connectivity index (χ3n) is 2.57. The molecule has 0 aliphatic heterocycles. The quantitative estimate of drug-likeness (QED) is 0.761. The van der Waals surface area contributed by atoms with E-state index in [1.807, 2.05) is 13.8 Å². The molecule has 0 saturated heterocycles. The summed E-state index contributed by atoms with van der Waals surface area (Å²) >= 11 is 1.10. The molecular weight excluding hydrogens is 254 g/mol. The number of hydrogen-bond acceptors (Lipinski definition) is 7. The number of carbonyl (C=O) groups is 1. The first-order valence-corrected chi connectivity index (χ1v) is 5.98. The van der Waals surface area contributed by atoms with Crippen LogP contribution in [0.2, 0.25) is 0 Å². The number of nitrogens with one attached hydrogen (secondary N) is 1. The van der Waals surface area contributed by atoms with E-state index >= 15 is 0 Å². The summed E-state index contributed by atoms with van der Waals surface area (Å²) < 4.78 is 8.95. The van der Waals surface area contributed by atoms with Gasteiger partial charge < -0.3 is 21.3 Å². The summed E-state index contributed by atoms with van der Waals surface area (Å²) in [6, 6.07) is 0. The summed E-state index contributed by atoms with van der Waals surface area (Å²) in [6.45, 7) is 4.15. The van der Waals surface area contributed by atoms with Crippen molar-refractivity contribution in [3.8, 4) is 0 Å². The Balaban J connectivity index is 2.19. The lowest BCUT2D eigenvalue weighted by Crippen LogP contribution is -2.14. The van der Waals surface area contributed by atoms with Crippen LogP contribution >= 0.6 is 11.5 Å². The second-order valence-corrected chi connectivity index (χ2v) is 4.57. The molecule has 7 nitrogen and oxygen atoms in total. The lowest BCUT2D eigenvalue weighted by atomic mass is 10.2. The maximum Gasteiger partial charge on any atom is 0.255 e. The number of aromatic nitrogens is 2. The monoisotopic (exact) mass is 267 g/mol. The number of nitrogens with zero attached hydrogens (tertiary/aromatic N) is 2. The average Bonchev–Trinajstić information content (AvgIpc) is 2.81. The highest BCUT2D eigenvalue weighted by atomic mass is 32.1. The highest BCUT2D eigenvalue weighted by molar-refractivity contribution is 7.11. The number of anilines is 2. The first-order chi connectivity index (χ1) is 8.50. The molecule has 0 bridgehead atoms. The summed E-state index contributed by atoms with van der Waals surface area (Å²) in [7, 11) is 0. The summed E-state index contributed by atoms with van der Waals surface area (Å²) in [5.41, 5.74) is 12.8. The van der Waals surface area contributed by atoms with Crippen molar-refractivity contribution in [3.63, 3.8) is 0 Å². The topological polar surface area (TPSA) is 120 Å². The molecule has 96 valence electrons. The number of nitrogens with two attached hydrogens (primary N) is 2. The van der Waals surface area contributed by atoms with Crippen LogP contribution in [0.4, 0.5) is 10.8 Å². The Bertz CT molecular complexity index is 570. The van der Waals surface area contributed by atoms with Crippen LogP contribution in [0.5, 0.6) is 0 Å². The third kappa shape index (κ3) is 2.14. The molecule has 0 aliphatic rings. The van der Waals surface area contributed by atoms with E-state index in [1.54, 1.807) is 0 Å². The smallest absolute Gasteiger partial charge is 0.255 e. The Morgan fingerprint density at radius 1 is 1.50 bits per heavy atom. The van der Waals surface area contributed by atoms with Gasteiger partial charge in [0, 0.05) is 12.1 Å². The first kappa shape index (κ1) is 12.4. The number of aryl methyl sites for hydroxylation is 2. The molecule has 2 rings (SSSR count). The molecule has 0 fully saturated rings. The van der Waals surface area contributed by atoms with Crippen LogP contribution in [-0.4, -0.2) is 15.4 Å². The minimum absolute atomic E-state index is 0.147. The van der Waals surface area contributed by atoms with Crippen molar-refractivity contribution in [2.24, 2.45) is 5.73 Å². The molecule has 8 heteroatoms. The van der Waals surface area contributed by atoms with Gasteiger partial charge in [-0.1, -0.05) is 5.16 Å². The van der Waals surface area contributed by atoms with Crippen LogP contribution in [0, 0.1) is 13.8 Å². The summed E-state index contributed by atoms with van der Waals surface area (Å²) in [5.74, 6) is 0.286.